The molecule has 1 fully saturated rings. The van der Waals surface area contributed by atoms with Crippen molar-refractivity contribution in [3.63, 3.8) is 0 Å². The highest BCUT2D eigenvalue weighted by atomic mass is 32.2. The number of rotatable bonds is 3. The van der Waals surface area contributed by atoms with Gasteiger partial charge in [-0.1, -0.05) is 0 Å². The predicted octanol–water partition coefficient (Wildman–Crippen LogP) is 2.11. The molecule has 5 nitrogen and oxygen atoms in total. The summed E-state index contributed by atoms with van der Waals surface area (Å²) >= 11 is 2.99. The van der Waals surface area contributed by atoms with Gasteiger partial charge in [0.2, 0.25) is 0 Å². The number of nitrogens with zero attached hydrogens (tertiary/aromatic N) is 2. The van der Waals surface area contributed by atoms with Gasteiger partial charge >= 0.3 is 0 Å². The first kappa shape index (κ1) is 16.5. The quantitative estimate of drug-likeness (QED) is 0.831. The molecule has 0 saturated carbocycles. The molecule has 1 aliphatic rings. The summed E-state index contributed by atoms with van der Waals surface area (Å²) in [6.45, 7) is 3.33. The molecule has 0 bridgehead atoms. The lowest BCUT2D eigenvalue weighted by molar-refractivity contribution is 0.0450. The number of carbonyl (C=O) groups excluding carboxylic acids is 1. The van der Waals surface area contributed by atoms with Gasteiger partial charge in [0, 0.05) is 27.2 Å². The normalized spacial score (nSPS) is 22.4. The average molecular weight is 329 g/mol. The fourth-order valence-electron chi connectivity index (χ4n) is 2.58. The van der Waals surface area contributed by atoms with Crippen LogP contribution in [0.5, 0.6) is 0 Å². The Balaban J connectivity index is 2.39. The van der Waals surface area contributed by atoms with E-state index in [4.69, 9.17) is 5.73 Å². The van der Waals surface area contributed by atoms with E-state index in [-0.39, 0.29) is 5.91 Å². The molecule has 21 heavy (non-hydrogen) atoms. The van der Waals surface area contributed by atoms with Crippen molar-refractivity contribution in [3.8, 4) is 0 Å². The fourth-order valence-corrected chi connectivity index (χ4v) is 4.81. The van der Waals surface area contributed by atoms with Crippen LogP contribution in [0.3, 0.4) is 0 Å². The number of aliphatic hydroxyl groups is 1. The van der Waals surface area contributed by atoms with Gasteiger partial charge in [0.25, 0.3) is 5.91 Å². The van der Waals surface area contributed by atoms with E-state index in [1.165, 1.54) is 11.3 Å². The third-order valence-electron chi connectivity index (χ3n) is 3.65. The molecule has 0 aliphatic carbocycles. The van der Waals surface area contributed by atoms with E-state index in [9.17, 15) is 9.90 Å². The topological polar surface area (TPSA) is 69.8 Å². The molecule has 2 rings (SSSR count). The molecular formula is C14H23N3O2S2. The Morgan fingerprint density at radius 2 is 2.19 bits per heavy atom. The number of anilines is 2. The van der Waals surface area contributed by atoms with Crippen molar-refractivity contribution in [1.82, 2.24) is 4.90 Å². The Morgan fingerprint density at radius 3 is 2.71 bits per heavy atom. The first-order chi connectivity index (χ1) is 9.76. The molecule has 1 aromatic rings. The summed E-state index contributed by atoms with van der Waals surface area (Å²) in [5, 5.41) is 11.3. The third-order valence-corrected chi connectivity index (χ3v) is 5.85. The van der Waals surface area contributed by atoms with E-state index < -0.39 is 5.60 Å². The molecule has 2 heterocycles. The molecule has 1 aromatic heterocycles. The van der Waals surface area contributed by atoms with Crippen LogP contribution in [0.25, 0.3) is 0 Å². The van der Waals surface area contributed by atoms with Crippen LogP contribution in [0.2, 0.25) is 0 Å². The van der Waals surface area contributed by atoms with E-state index >= 15 is 0 Å². The summed E-state index contributed by atoms with van der Waals surface area (Å²) in [5.41, 5.74) is 6.06. The smallest absolute Gasteiger partial charge is 0.265 e. The van der Waals surface area contributed by atoms with Crippen LogP contribution < -0.4 is 10.6 Å². The molecule has 0 radical (unpaired) electrons. The van der Waals surface area contributed by atoms with Gasteiger partial charge < -0.3 is 20.6 Å². The minimum atomic E-state index is -0.682. The first-order valence-corrected chi connectivity index (χ1v) is 8.96. The summed E-state index contributed by atoms with van der Waals surface area (Å²) in [5.74, 6) is -0.0668. The number of amides is 1. The Hall–Kier alpha value is -0.920. The lowest BCUT2D eigenvalue weighted by atomic mass is 9.95. The molecule has 1 atom stereocenters. The van der Waals surface area contributed by atoms with Crippen LogP contribution in [0.1, 0.15) is 29.4 Å². The summed E-state index contributed by atoms with van der Waals surface area (Å²) in [6, 6.07) is 0. The zero-order valence-electron chi connectivity index (χ0n) is 13.0. The molecule has 0 aromatic carbocycles. The Bertz CT molecular complexity index is 541. The van der Waals surface area contributed by atoms with Crippen LogP contribution in [0, 0.1) is 0 Å². The monoisotopic (exact) mass is 329 g/mol. The van der Waals surface area contributed by atoms with Gasteiger partial charge in [-0.05, 0) is 26.0 Å². The molecule has 7 heteroatoms. The summed E-state index contributed by atoms with van der Waals surface area (Å²) in [6.07, 6.45) is 3.71. The molecular weight excluding hydrogens is 306 g/mol. The van der Waals surface area contributed by atoms with Gasteiger partial charge in [0.15, 0.2) is 0 Å². The summed E-state index contributed by atoms with van der Waals surface area (Å²) < 4.78 is 0. The molecule has 1 saturated heterocycles. The fraction of sp³-hybridized carbons (Fsp3) is 0.643. The van der Waals surface area contributed by atoms with Crippen molar-refractivity contribution in [2.24, 2.45) is 0 Å². The van der Waals surface area contributed by atoms with Gasteiger partial charge in [-0.25, -0.2) is 0 Å². The lowest BCUT2D eigenvalue weighted by Crippen LogP contribution is -2.46. The van der Waals surface area contributed by atoms with Gasteiger partial charge in [-0.2, -0.15) is 0 Å². The maximum absolute atomic E-state index is 12.2. The summed E-state index contributed by atoms with van der Waals surface area (Å²) in [4.78, 5) is 17.5. The van der Waals surface area contributed by atoms with Gasteiger partial charge in [0.05, 0.1) is 16.2 Å². The first-order valence-electron chi connectivity index (χ1n) is 6.92. The third kappa shape index (κ3) is 3.30. The van der Waals surface area contributed by atoms with Crippen molar-refractivity contribution in [1.29, 1.82) is 0 Å². The zero-order valence-corrected chi connectivity index (χ0v) is 14.6. The van der Waals surface area contributed by atoms with Gasteiger partial charge in [-0.3, -0.25) is 4.79 Å². The van der Waals surface area contributed by atoms with E-state index in [0.717, 1.165) is 29.3 Å². The highest BCUT2D eigenvalue weighted by molar-refractivity contribution is 7.99. The predicted molar refractivity (Wildman–Crippen MR) is 90.6 cm³/mol. The van der Waals surface area contributed by atoms with E-state index in [2.05, 4.69) is 4.90 Å². The molecule has 1 aliphatic heterocycles. The maximum Gasteiger partial charge on any atom is 0.265 e. The number of nitrogens with two attached hydrogens (primary N) is 1. The average Bonchev–Trinajstić information content (AvgIpc) is 2.73. The number of hydrogen-bond acceptors (Lipinski definition) is 6. The molecule has 0 spiro atoms. The second-order valence-corrected chi connectivity index (χ2v) is 7.72. The number of hydrogen-bond donors (Lipinski definition) is 2. The van der Waals surface area contributed by atoms with Crippen LogP contribution in [0.15, 0.2) is 4.90 Å². The van der Waals surface area contributed by atoms with Crippen molar-refractivity contribution < 1.29 is 9.90 Å². The lowest BCUT2D eigenvalue weighted by Gasteiger charge is -2.37. The molecule has 1 amide bonds. The zero-order chi connectivity index (χ0) is 15.8. The Morgan fingerprint density at radius 1 is 1.52 bits per heavy atom. The molecule has 1 unspecified atom stereocenters. The molecule has 3 N–H and O–H groups in total. The van der Waals surface area contributed by atoms with Crippen LogP contribution in [-0.2, 0) is 0 Å². The maximum atomic E-state index is 12.2. The van der Waals surface area contributed by atoms with Gasteiger partial charge in [0.1, 0.15) is 9.88 Å². The minimum absolute atomic E-state index is 0.0668. The van der Waals surface area contributed by atoms with E-state index in [1.54, 1.807) is 30.8 Å². The number of thioether (sulfide) groups is 1. The molecule has 118 valence electrons. The minimum Gasteiger partial charge on any atom is -0.396 e. The van der Waals surface area contributed by atoms with Crippen LogP contribution in [0.4, 0.5) is 10.7 Å². The van der Waals surface area contributed by atoms with Crippen LogP contribution >= 0.6 is 23.1 Å². The standard InChI is InChI=1S/C14H23N3O2S2/c1-14(19)6-5-7-17(8-14)13-11(20-4)9(15)10(21-13)12(18)16(2)3/h19H,5-8,15H2,1-4H3. The van der Waals surface area contributed by atoms with Gasteiger partial charge in [-0.15, -0.1) is 23.1 Å². The Kier molecular flexibility index (Phi) is 4.75. The number of nitrogen functional groups attached to an aromatic ring is 1. The van der Waals surface area contributed by atoms with Crippen molar-refractivity contribution in [3.05, 3.63) is 4.88 Å². The van der Waals surface area contributed by atoms with Crippen LogP contribution in [-0.4, -0.2) is 55.0 Å². The number of piperidine rings is 1. The largest absolute Gasteiger partial charge is 0.396 e. The second-order valence-electron chi connectivity index (χ2n) is 5.90. The van der Waals surface area contributed by atoms with Crippen molar-refractivity contribution in [2.45, 2.75) is 30.3 Å². The number of thiophene rings is 1. The number of carbonyl (C=O) groups is 1. The second kappa shape index (κ2) is 6.06. The SMILES string of the molecule is CSc1c(N2CCCC(C)(O)C2)sc(C(=O)N(C)C)c1N. The van der Waals surface area contributed by atoms with E-state index in [1.807, 2.05) is 13.2 Å². The highest BCUT2D eigenvalue weighted by Crippen LogP contribution is 2.45. The van der Waals surface area contributed by atoms with Crippen molar-refractivity contribution in [2.75, 3.05) is 44.1 Å². The summed E-state index contributed by atoms with van der Waals surface area (Å²) in [7, 11) is 3.46. The van der Waals surface area contributed by atoms with E-state index in [0.29, 0.717) is 17.1 Å². The number of β-amino-alcohol motifs (C(OH)–C–C–N with tert-alkyl or cyclic N) is 1. The highest BCUT2D eigenvalue weighted by Gasteiger charge is 2.32. The Labute approximate surface area is 134 Å². The van der Waals surface area contributed by atoms with Crippen molar-refractivity contribution >= 4 is 39.7 Å².